The first kappa shape index (κ1) is 21.1. The first-order chi connectivity index (χ1) is 14.1. The van der Waals surface area contributed by atoms with Crippen molar-refractivity contribution in [2.24, 2.45) is 7.05 Å². The molecule has 1 aromatic heterocycles. The summed E-state index contributed by atoms with van der Waals surface area (Å²) in [6, 6.07) is 16.0. The number of rotatable bonds is 9. The highest BCUT2D eigenvalue weighted by molar-refractivity contribution is 7.99. The number of thioether (sulfide) groups is 1. The average Bonchev–Trinajstić information content (AvgIpc) is 3.08. The fourth-order valence-electron chi connectivity index (χ4n) is 2.85. The minimum absolute atomic E-state index is 0.0858. The quantitative estimate of drug-likeness (QED) is 0.432. The van der Waals surface area contributed by atoms with E-state index in [0.29, 0.717) is 25.1 Å². The summed E-state index contributed by atoms with van der Waals surface area (Å²) in [5.74, 6) is 1.59. The van der Waals surface area contributed by atoms with Crippen molar-refractivity contribution in [2.45, 2.75) is 18.5 Å². The number of hydrogen-bond donors (Lipinski definition) is 1. The van der Waals surface area contributed by atoms with Crippen LogP contribution < -0.4 is 5.32 Å². The molecule has 3 aromatic rings. The van der Waals surface area contributed by atoms with Crippen LogP contribution in [0.2, 0.25) is 0 Å². The lowest BCUT2D eigenvalue weighted by Gasteiger charge is -2.07. The Morgan fingerprint density at radius 3 is 2.38 bits per heavy atom. The van der Waals surface area contributed by atoms with Crippen molar-refractivity contribution in [3.63, 3.8) is 0 Å². The molecule has 1 heterocycles. The van der Waals surface area contributed by atoms with E-state index in [1.54, 1.807) is 18.9 Å². The zero-order valence-corrected chi connectivity index (χ0v) is 17.8. The fraction of sp³-hybridized carbons (Fsp3) is 0.318. The van der Waals surface area contributed by atoms with Crippen LogP contribution in [0.3, 0.4) is 0 Å². The van der Waals surface area contributed by atoms with E-state index in [-0.39, 0.29) is 5.91 Å². The van der Waals surface area contributed by atoms with Gasteiger partial charge in [0.1, 0.15) is 5.82 Å². The Kier molecular flexibility index (Phi) is 7.43. The molecule has 0 aliphatic heterocycles. The molecule has 0 radical (unpaired) electrons. The second-order valence-corrected chi connectivity index (χ2v) is 7.81. The lowest BCUT2D eigenvalue weighted by Crippen LogP contribution is -2.26. The summed E-state index contributed by atoms with van der Waals surface area (Å²) in [7, 11) is 3.62. The van der Waals surface area contributed by atoms with E-state index in [1.807, 2.05) is 35.9 Å². The van der Waals surface area contributed by atoms with Crippen molar-refractivity contribution in [1.82, 2.24) is 20.1 Å². The third kappa shape index (κ3) is 5.68. The number of nitrogens with zero attached hydrogens (tertiary/aromatic N) is 3. The van der Waals surface area contributed by atoms with Gasteiger partial charge in [0, 0.05) is 38.4 Å². The number of carbonyl (C=O) groups is 1. The summed E-state index contributed by atoms with van der Waals surface area (Å²) in [6.45, 7) is 3.25. The van der Waals surface area contributed by atoms with Gasteiger partial charge in [-0.1, -0.05) is 53.7 Å². The van der Waals surface area contributed by atoms with E-state index in [0.717, 1.165) is 27.9 Å². The van der Waals surface area contributed by atoms with Crippen LogP contribution in [-0.4, -0.2) is 46.7 Å². The summed E-state index contributed by atoms with van der Waals surface area (Å²) in [4.78, 5) is 12.4. The molecule has 3 rings (SSSR count). The van der Waals surface area contributed by atoms with Crippen LogP contribution in [0.4, 0.5) is 0 Å². The number of hydrogen-bond acceptors (Lipinski definition) is 5. The van der Waals surface area contributed by atoms with Gasteiger partial charge in [-0.3, -0.25) is 4.79 Å². The minimum atomic E-state index is -0.0858. The first-order valence-corrected chi connectivity index (χ1v) is 10.5. The molecule has 6 nitrogen and oxygen atoms in total. The zero-order chi connectivity index (χ0) is 20.6. The number of ether oxygens (including phenoxy) is 1. The normalized spacial score (nSPS) is 10.9. The maximum Gasteiger partial charge on any atom is 0.251 e. The molecule has 0 saturated heterocycles. The zero-order valence-electron chi connectivity index (χ0n) is 17.0. The predicted octanol–water partition coefficient (Wildman–Crippen LogP) is 3.50. The summed E-state index contributed by atoms with van der Waals surface area (Å²) >= 11 is 1.61. The van der Waals surface area contributed by atoms with Crippen LogP contribution in [-0.2, 0) is 18.2 Å². The number of nitrogens with one attached hydrogen (secondary N) is 1. The Balaban J connectivity index is 1.51. The number of aromatic nitrogens is 3. The van der Waals surface area contributed by atoms with Crippen molar-refractivity contribution in [3.05, 3.63) is 65.5 Å². The van der Waals surface area contributed by atoms with Crippen LogP contribution in [0.25, 0.3) is 11.1 Å². The van der Waals surface area contributed by atoms with Crippen LogP contribution >= 0.6 is 11.8 Å². The van der Waals surface area contributed by atoms with Gasteiger partial charge in [-0.2, -0.15) is 0 Å². The molecule has 0 unspecified atom stereocenters. The summed E-state index contributed by atoms with van der Waals surface area (Å²) < 4.78 is 7.02. The van der Waals surface area contributed by atoms with Gasteiger partial charge in [0.05, 0.1) is 6.61 Å². The van der Waals surface area contributed by atoms with Gasteiger partial charge in [-0.25, -0.2) is 0 Å². The molecule has 0 spiro atoms. The van der Waals surface area contributed by atoms with Crippen molar-refractivity contribution < 1.29 is 9.53 Å². The lowest BCUT2D eigenvalue weighted by atomic mass is 10.0. The number of carbonyl (C=O) groups excluding carboxylic acids is 1. The summed E-state index contributed by atoms with van der Waals surface area (Å²) in [5, 5.41) is 12.2. The van der Waals surface area contributed by atoms with Crippen molar-refractivity contribution >= 4 is 17.7 Å². The summed E-state index contributed by atoms with van der Waals surface area (Å²) in [5.41, 5.74) is 4.12. The topological polar surface area (TPSA) is 69.0 Å². The highest BCUT2D eigenvalue weighted by Crippen LogP contribution is 2.20. The molecule has 152 valence electrons. The lowest BCUT2D eigenvalue weighted by molar-refractivity contribution is 0.0954. The van der Waals surface area contributed by atoms with Gasteiger partial charge in [-0.05, 0) is 30.2 Å². The second kappa shape index (κ2) is 10.2. The molecular weight excluding hydrogens is 384 g/mol. The number of amides is 1. The second-order valence-electron chi connectivity index (χ2n) is 6.75. The molecule has 0 atom stereocenters. The molecule has 0 aliphatic carbocycles. The van der Waals surface area contributed by atoms with Gasteiger partial charge in [0.25, 0.3) is 5.91 Å². The van der Waals surface area contributed by atoms with E-state index in [2.05, 4.69) is 46.7 Å². The van der Waals surface area contributed by atoms with Crippen LogP contribution in [0, 0.1) is 6.92 Å². The van der Waals surface area contributed by atoms with Crippen LogP contribution in [0.15, 0.2) is 53.7 Å². The smallest absolute Gasteiger partial charge is 0.251 e. The molecule has 1 N–H and O–H groups in total. The van der Waals surface area contributed by atoms with Gasteiger partial charge in [-0.15, -0.1) is 10.2 Å². The Labute approximate surface area is 175 Å². The van der Waals surface area contributed by atoms with Crippen molar-refractivity contribution in [2.75, 3.05) is 26.0 Å². The van der Waals surface area contributed by atoms with E-state index in [1.165, 1.54) is 5.56 Å². The standard InChI is InChI=1S/C22H26N4O2S/c1-16-4-6-17(7-5-16)18-8-10-19(11-9-18)21(27)23-13-12-20-24-25-22(26(20)2)29-15-14-28-3/h4-11H,12-15H2,1-3H3,(H,23,27). The van der Waals surface area contributed by atoms with E-state index in [9.17, 15) is 4.79 Å². The fourth-order valence-corrected chi connectivity index (χ4v) is 3.68. The Bertz CT molecular complexity index is 936. The van der Waals surface area contributed by atoms with Gasteiger partial charge in [0.2, 0.25) is 0 Å². The maximum absolute atomic E-state index is 12.4. The molecule has 0 saturated carbocycles. The Morgan fingerprint density at radius 1 is 1.07 bits per heavy atom. The molecule has 0 bridgehead atoms. The molecule has 2 aromatic carbocycles. The third-order valence-electron chi connectivity index (χ3n) is 4.61. The highest BCUT2D eigenvalue weighted by Gasteiger charge is 2.10. The molecule has 0 fully saturated rings. The molecule has 1 amide bonds. The van der Waals surface area contributed by atoms with E-state index in [4.69, 9.17) is 4.74 Å². The SMILES string of the molecule is COCCSc1nnc(CCNC(=O)c2ccc(-c3ccc(C)cc3)cc2)n1C. The average molecular weight is 411 g/mol. The Hall–Kier alpha value is -2.64. The van der Waals surface area contributed by atoms with Crippen molar-refractivity contribution in [1.29, 1.82) is 0 Å². The number of aryl methyl sites for hydroxylation is 1. The van der Waals surface area contributed by atoms with E-state index < -0.39 is 0 Å². The third-order valence-corrected chi connectivity index (χ3v) is 5.59. The van der Waals surface area contributed by atoms with Crippen LogP contribution in [0.5, 0.6) is 0 Å². The molecule has 0 aliphatic rings. The van der Waals surface area contributed by atoms with Gasteiger partial charge >= 0.3 is 0 Å². The maximum atomic E-state index is 12.4. The van der Waals surface area contributed by atoms with E-state index >= 15 is 0 Å². The number of methoxy groups -OCH3 is 1. The van der Waals surface area contributed by atoms with Gasteiger partial charge < -0.3 is 14.6 Å². The minimum Gasteiger partial charge on any atom is -0.384 e. The Morgan fingerprint density at radius 2 is 1.72 bits per heavy atom. The molecule has 29 heavy (non-hydrogen) atoms. The molecular formula is C22H26N4O2S. The first-order valence-electron chi connectivity index (χ1n) is 9.54. The monoisotopic (exact) mass is 410 g/mol. The van der Waals surface area contributed by atoms with Crippen molar-refractivity contribution in [3.8, 4) is 11.1 Å². The van der Waals surface area contributed by atoms with Gasteiger partial charge in [0.15, 0.2) is 5.16 Å². The van der Waals surface area contributed by atoms with Crippen LogP contribution in [0.1, 0.15) is 21.7 Å². The largest absolute Gasteiger partial charge is 0.384 e. The highest BCUT2D eigenvalue weighted by atomic mass is 32.2. The number of benzene rings is 2. The predicted molar refractivity (Wildman–Crippen MR) is 116 cm³/mol. The summed E-state index contributed by atoms with van der Waals surface area (Å²) in [6.07, 6.45) is 0.627. The molecule has 7 heteroatoms.